The van der Waals surface area contributed by atoms with Crippen molar-refractivity contribution in [3.63, 3.8) is 0 Å². The number of benzene rings is 1. The first kappa shape index (κ1) is 12.8. The van der Waals surface area contributed by atoms with Crippen LogP contribution in [0, 0.1) is 6.92 Å². The number of aryl methyl sites for hydroxylation is 1. The maximum Gasteiger partial charge on any atom is 0.212 e. The lowest BCUT2D eigenvalue weighted by atomic mass is 10.0. The molecule has 0 fully saturated rings. The van der Waals surface area contributed by atoms with Gasteiger partial charge in [-0.25, -0.2) is 0 Å². The molecule has 0 unspecified atom stereocenters. The topological polar surface area (TPSA) is 39.2 Å². The maximum absolute atomic E-state index is 12.4. The van der Waals surface area contributed by atoms with E-state index in [1.54, 1.807) is 37.6 Å². The lowest BCUT2D eigenvalue weighted by Crippen LogP contribution is -2.07. The SMILES string of the molecule is COc1ccc(C(=O)c2ncccc2Br)c(C)c1. The van der Waals surface area contributed by atoms with Gasteiger partial charge in [0.1, 0.15) is 11.4 Å². The molecule has 18 heavy (non-hydrogen) atoms. The van der Waals surface area contributed by atoms with Gasteiger partial charge >= 0.3 is 0 Å². The molecular formula is C14H12BrNO2. The number of pyridine rings is 1. The van der Waals surface area contributed by atoms with Crippen LogP contribution in [0.3, 0.4) is 0 Å². The fraction of sp³-hybridized carbons (Fsp3) is 0.143. The third-order valence-corrected chi connectivity index (χ3v) is 3.29. The summed E-state index contributed by atoms with van der Waals surface area (Å²) < 4.78 is 5.82. The quantitative estimate of drug-likeness (QED) is 0.816. The number of halogens is 1. The van der Waals surface area contributed by atoms with Gasteiger partial charge in [-0.2, -0.15) is 0 Å². The highest BCUT2D eigenvalue weighted by molar-refractivity contribution is 9.10. The van der Waals surface area contributed by atoms with Crippen molar-refractivity contribution in [1.29, 1.82) is 0 Å². The third-order valence-electron chi connectivity index (χ3n) is 2.65. The average Bonchev–Trinajstić information content (AvgIpc) is 2.38. The number of ketones is 1. The zero-order chi connectivity index (χ0) is 13.1. The van der Waals surface area contributed by atoms with E-state index in [2.05, 4.69) is 20.9 Å². The number of hydrogen-bond acceptors (Lipinski definition) is 3. The van der Waals surface area contributed by atoms with E-state index < -0.39 is 0 Å². The second-order valence-electron chi connectivity index (χ2n) is 3.84. The minimum absolute atomic E-state index is 0.0948. The Labute approximate surface area is 114 Å². The molecule has 2 rings (SSSR count). The molecule has 0 saturated heterocycles. The summed E-state index contributed by atoms with van der Waals surface area (Å²) in [5, 5.41) is 0. The number of carbonyl (C=O) groups excluding carboxylic acids is 1. The molecule has 3 nitrogen and oxygen atoms in total. The van der Waals surface area contributed by atoms with E-state index >= 15 is 0 Å². The number of methoxy groups -OCH3 is 1. The molecule has 0 saturated carbocycles. The number of aromatic nitrogens is 1. The smallest absolute Gasteiger partial charge is 0.212 e. The fourth-order valence-electron chi connectivity index (χ4n) is 1.70. The van der Waals surface area contributed by atoms with Crippen molar-refractivity contribution in [3.8, 4) is 5.75 Å². The number of ether oxygens (including phenoxy) is 1. The molecule has 92 valence electrons. The van der Waals surface area contributed by atoms with Gasteiger partial charge in [0.05, 0.1) is 7.11 Å². The molecule has 0 atom stereocenters. The van der Waals surface area contributed by atoms with Gasteiger partial charge in [-0.3, -0.25) is 9.78 Å². The summed E-state index contributed by atoms with van der Waals surface area (Å²) in [5.74, 6) is 0.645. The van der Waals surface area contributed by atoms with Crippen LogP contribution >= 0.6 is 15.9 Å². The Kier molecular flexibility index (Phi) is 3.77. The van der Waals surface area contributed by atoms with Gasteiger partial charge in [-0.05, 0) is 58.7 Å². The monoisotopic (exact) mass is 305 g/mol. The van der Waals surface area contributed by atoms with Gasteiger partial charge < -0.3 is 4.74 Å². The van der Waals surface area contributed by atoms with Crippen molar-refractivity contribution < 1.29 is 9.53 Å². The van der Waals surface area contributed by atoms with Crippen molar-refractivity contribution in [2.24, 2.45) is 0 Å². The minimum Gasteiger partial charge on any atom is -0.497 e. The first-order valence-electron chi connectivity index (χ1n) is 5.43. The Hall–Kier alpha value is -1.68. The molecular weight excluding hydrogens is 294 g/mol. The minimum atomic E-state index is -0.0948. The van der Waals surface area contributed by atoms with Crippen LogP contribution in [0.4, 0.5) is 0 Å². The second kappa shape index (κ2) is 5.31. The maximum atomic E-state index is 12.4. The van der Waals surface area contributed by atoms with E-state index in [-0.39, 0.29) is 5.78 Å². The van der Waals surface area contributed by atoms with Crippen molar-refractivity contribution in [2.75, 3.05) is 7.11 Å². The Morgan fingerprint density at radius 1 is 1.33 bits per heavy atom. The third kappa shape index (κ3) is 2.43. The Morgan fingerprint density at radius 2 is 2.11 bits per heavy atom. The van der Waals surface area contributed by atoms with Crippen molar-refractivity contribution in [1.82, 2.24) is 4.98 Å². The van der Waals surface area contributed by atoms with Crippen molar-refractivity contribution in [3.05, 3.63) is 57.8 Å². The molecule has 0 amide bonds. The van der Waals surface area contributed by atoms with E-state index in [4.69, 9.17) is 4.74 Å². The zero-order valence-electron chi connectivity index (χ0n) is 10.1. The molecule has 2 aromatic rings. The molecule has 1 aromatic carbocycles. The molecule has 0 aliphatic heterocycles. The van der Waals surface area contributed by atoms with Crippen molar-refractivity contribution >= 4 is 21.7 Å². The van der Waals surface area contributed by atoms with Crippen molar-refractivity contribution in [2.45, 2.75) is 6.92 Å². The van der Waals surface area contributed by atoms with Crippen LogP contribution in [0.15, 0.2) is 41.0 Å². The van der Waals surface area contributed by atoms with Gasteiger partial charge in [0, 0.05) is 16.2 Å². The summed E-state index contributed by atoms with van der Waals surface area (Å²) in [4.78, 5) is 16.5. The summed E-state index contributed by atoms with van der Waals surface area (Å²) in [6, 6.07) is 8.96. The molecule has 0 N–H and O–H groups in total. The van der Waals surface area contributed by atoms with Gasteiger partial charge in [-0.15, -0.1) is 0 Å². The van der Waals surface area contributed by atoms with Crippen LogP contribution in [0.2, 0.25) is 0 Å². The number of hydrogen-bond donors (Lipinski definition) is 0. The average molecular weight is 306 g/mol. The lowest BCUT2D eigenvalue weighted by Gasteiger charge is -2.07. The van der Waals surface area contributed by atoms with Gasteiger partial charge in [0.15, 0.2) is 0 Å². The van der Waals surface area contributed by atoms with E-state index in [1.807, 2.05) is 13.0 Å². The predicted octanol–water partition coefficient (Wildman–Crippen LogP) is 3.39. The standard InChI is InChI=1S/C14H12BrNO2/c1-9-8-10(18-2)5-6-11(9)14(17)13-12(15)4-3-7-16-13/h3-8H,1-2H3. The highest BCUT2D eigenvalue weighted by atomic mass is 79.9. The highest BCUT2D eigenvalue weighted by Crippen LogP contribution is 2.22. The first-order valence-corrected chi connectivity index (χ1v) is 6.22. The first-order chi connectivity index (χ1) is 8.63. The van der Waals surface area contributed by atoms with E-state index in [0.29, 0.717) is 15.7 Å². The Morgan fingerprint density at radius 3 is 2.72 bits per heavy atom. The van der Waals surface area contributed by atoms with Gasteiger partial charge in [0.25, 0.3) is 0 Å². The number of rotatable bonds is 3. The van der Waals surface area contributed by atoms with E-state index in [9.17, 15) is 4.79 Å². The highest BCUT2D eigenvalue weighted by Gasteiger charge is 2.16. The molecule has 1 heterocycles. The van der Waals surface area contributed by atoms with Crippen LogP contribution in [-0.2, 0) is 0 Å². The fourth-order valence-corrected chi connectivity index (χ4v) is 2.13. The van der Waals surface area contributed by atoms with E-state index in [0.717, 1.165) is 11.3 Å². The summed E-state index contributed by atoms with van der Waals surface area (Å²) in [5.41, 5.74) is 1.93. The largest absolute Gasteiger partial charge is 0.497 e. The summed E-state index contributed by atoms with van der Waals surface area (Å²) in [6.45, 7) is 1.88. The normalized spacial score (nSPS) is 10.2. The zero-order valence-corrected chi connectivity index (χ0v) is 11.7. The second-order valence-corrected chi connectivity index (χ2v) is 4.70. The molecule has 0 aliphatic carbocycles. The molecule has 1 aromatic heterocycles. The molecule has 4 heteroatoms. The van der Waals surface area contributed by atoms with Crippen LogP contribution in [0.5, 0.6) is 5.75 Å². The van der Waals surface area contributed by atoms with Crippen LogP contribution in [-0.4, -0.2) is 17.9 Å². The Bertz CT molecular complexity index is 596. The number of nitrogens with zero attached hydrogens (tertiary/aromatic N) is 1. The molecule has 0 spiro atoms. The van der Waals surface area contributed by atoms with Crippen LogP contribution in [0.1, 0.15) is 21.6 Å². The van der Waals surface area contributed by atoms with Gasteiger partial charge in [-0.1, -0.05) is 0 Å². The van der Waals surface area contributed by atoms with Crippen LogP contribution in [0.25, 0.3) is 0 Å². The summed E-state index contributed by atoms with van der Waals surface area (Å²) in [6.07, 6.45) is 1.61. The molecule has 0 aliphatic rings. The number of carbonyl (C=O) groups is 1. The van der Waals surface area contributed by atoms with Crippen LogP contribution < -0.4 is 4.74 Å². The molecule has 0 bridgehead atoms. The van der Waals surface area contributed by atoms with Gasteiger partial charge in [0.2, 0.25) is 5.78 Å². The lowest BCUT2D eigenvalue weighted by molar-refractivity contribution is 0.103. The Balaban J connectivity index is 2.44. The predicted molar refractivity (Wildman–Crippen MR) is 73.1 cm³/mol. The van der Waals surface area contributed by atoms with E-state index in [1.165, 1.54) is 0 Å². The summed E-state index contributed by atoms with van der Waals surface area (Å²) in [7, 11) is 1.60. The summed E-state index contributed by atoms with van der Waals surface area (Å²) >= 11 is 3.34. The molecule has 0 radical (unpaired) electrons.